The Morgan fingerprint density at radius 1 is 1.45 bits per heavy atom. The molecule has 4 heteroatoms. The van der Waals surface area contributed by atoms with Crippen LogP contribution in [0.15, 0.2) is 24.3 Å². The van der Waals surface area contributed by atoms with Gasteiger partial charge in [-0.3, -0.25) is 0 Å². The summed E-state index contributed by atoms with van der Waals surface area (Å²) in [6.45, 7) is 4.10. The van der Waals surface area contributed by atoms with E-state index >= 15 is 0 Å². The van der Waals surface area contributed by atoms with Crippen molar-refractivity contribution in [3.05, 3.63) is 40.4 Å². The van der Waals surface area contributed by atoms with E-state index < -0.39 is 0 Å². The fourth-order valence-corrected chi connectivity index (χ4v) is 3.15. The molecule has 104 valence electrons. The summed E-state index contributed by atoms with van der Waals surface area (Å²) in [5.41, 5.74) is 2.93. The number of carbonyl (C=O) groups excluding carboxylic acids is 1. The molecule has 1 heterocycles. The van der Waals surface area contributed by atoms with E-state index in [1.807, 2.05) is 6.92 Å². The number of ether oxygens (including phenoxy) is 1. The number of esters is 1. The average Bonchev–Trinajstić information content (AvgIpc) is 3.22. The molecule has 3 nitrogen and oxygen atoms in total. The van der Waals surface area contributed by atoms with Crippen molar-refractivity contribution in [1.29, 1.82) is 0 Å². The van der Waals surface area contributed by atoms with Gasteiger partial charge in [0.05, 0.1) is 6.61 Å². The fraction of sp³-hybridized carbons (Fsp3) is 0.375. The fourth-order valence-electron chi connectivity index (χ4n) is 2.25. The van der Waals surface area contributed by atoms with Crippen molar-refractivity contribution in [1.82, 2.24) is 4.98 Å². The van der Waals surface area contributed by atoms with Gasteiger partial charge in [0.1, 0.15) is 5.01 Å². The largest absolute Gasteiger partial charge is 0.461 e. The molecule has 0 unspecified atom stereocenters. The maximum absolute atomic E-state index is 11.8. The number of aryl methyl sites for hydroxylation is 1. The van der Waals surface area contributed by atoms with Gasteiger partial charge >= 0.3 is 5.97 Å². The van der Waals surface area contributed by atoms with Crippen molar-refractivity contribution in [2.75, 3.05) is 6.61 Å². The van der Waals surface area contributed by atoms with E-state index in [9.17, 15) is 4.79 Å². The van der Waals surface area contributed by atoms with Crippen LogP contribution in [0.5, 0.6) is 0 Å². The molecule has 3 rings (SSSR count). The van der Waals surface area contributed by atoms with Crippen LogP contribution in [0.25, 0.3) is 10.6 Å². The van der Waals surface area contributed by atoms with E-state index in [4.69, 9.17) is 4.74 Å². The molecule has 0 spiro atoms. The summed E-state index contributed by atoms with van der Waals surface area (Å²) in [7, 11) is 0. The third-order valence-corrected chi connectivity index (χ3v) is 4.47. The van der Waals surface area contributed by atoms with Crippen molar-refractivity contribution in [3.63, 3.8) is 0 Å². The normalized spacial score (nSPS) is 14.3. The van der Waals surface area contributed by atoms with Gasteiger partial charge in [-0.05, 0) is 44.2 Å². The van der Waals surface area contributed by atoms with Crippen molar-refractivity contribution in [2.45, 2.75) is 32.6 Å². The maximum Gasteiger partial charge on any atom is 0.358 e. The van der Waals surface area contributed by atoms with Crippen LogP contribution in [0.1, 0.15) is 46.6 Å². The Balaban J connectivity index is 1.92. The number of hydrogen-bond donors (Lipinski definition) is 0. The molecule has 1 fully saturated rings. The zero-order valence-electron chi connectivity index (χ0n) is 11.7. The average molecular weight is 287 g/mol. The number of benzene rings is 1. The molecule has 0 saturated heterocycles. The lowest BCUT2D eigenvalue weighted by atomic mass is 10.1. The number of hydrogen-bond acceptors (Lipinski definition) is 4. The smallest absolute Gasteiger partial charge is 0.358 e. The van der Waals surface area contributed by atoms with E-state index in [0.29, 0.717) is 12.3 Å². The Kier molecular flexibility index (Phi) is 3.57. The minimum atomic E-state index is -0.328. The molecule has 1 saturated carbocycles. The molecule has 20 heavy (non-hydrogen) atoms. The first-order chi connectivity index (χ1) is 9.69. The van der Waals surface area contributed by atoms with Crippen molar-refractivity contribution < 1.29 is 9.53 Å². The van der Waals surface area contributed by atoms with E-state index in [1.54, 1.807) is 18.3 Å². The molecular formula is C16H17NO2S. The molecule has 0 radical (unpaired) electrons. The molecule has 0 N–H and O–H groups in total. The summed E-state index contributed by atoms with van der Waals surface area (Å²) >= 11 is 1.55. The molecule has 1 aromatic heterocycles. The van der Waals surface area contributed by atoms with Crippen LogP contribution >= 0.6 is 11.3 Å². The van der Waals surface area contributed by atoms with Crippen molar-refractivity contribution in [3.8, 4) is 10.6 Å². The standard InChI is InChI=1S/C16H17NO2S/c1-3-19-16(18)14-10(2)20-15(17-14)13-6-4-5-12(9-13)11-7-8-11/h4-6,9,11H,3,7-8H2,1-2H3. The third kappa shape index (κ3) is 2.61. The van der Waals surface area contributed by atoms with Gasteiger partial charge in [-0.25, -0.2) is 9.78 Å². The second-order valence-corrected chi connectivity index (χ2v) is 6.25. The minimum Gasteiger partial charge on any atom is -0.461 e. The number of thiazole rings is 1. The van der Waals surface area contributed by atoms with Crippen LogP contribution < -0.4 is 0 Å². The molecule has 1 aliphatic carbocycles. The zero-order valence-corrected chi connectivity index (χ0v) is 12.5. The molecule has 0 atom stereocenters. The van der Waals surface area contributed by atoms with Crippen LogP contribution in [0.2, 0.25) is 0 Å². The van der Waals surface area contributed by atoms with Gasteiger partial charge in [-0.1, -0.05) is 18.2 Å². The number of aromatic nitrogens is 1. The van der Waals surface area contributed by atoms with E-state index in [0.717, 1.165) is 21.4 Å². The highest BCUT2D eigenvalue weighted by molar-refractivity contribution is 7.15. The summed E-state index contributed by atoms with van der Waals surface area (Å²) in [4.78, 5) is 17.2. The molecule has 0 amide bonds. The Labute approximate surface area is 122 Å². The molecule has 1 aliphatic rings. The summed E-state index contributed by atoms with van der Waals surface area (Å²) < 4.78 is 5.04. The first-order valence-electron chi connectivity index (χ1n) is 6.94. The van der Waals surface area contributed by atoms with Gasteiger partial charge in [0.25, 0.3) is 0 Å². The highest BCUT2D eigenvalue weighted by atomic mass is 32.1. The second-order valence-electron chi connectivity index (χ2n) is 5.04. The van der Waals surface area contributed by atoms with E-state index in [1.165, 1.54) is 18.4 Å². The lowest BCUT2D eigenvalue weighted by Gasteiger charge is -2.01. The summed E-state index contributed by atoms with van der Waals surface area (Å²) in [6, 6.07) is 8.50. The number of carbonyl (C=O) groups is 1. The van der Waals surface area contributed by atoms with Gasteiger partial charge in [0, 0.05) is 10.4 Å². The summed E-state index contributed by atoms with van der Waals surface area (Å²) in [6.07, 6.45) is 2.57. The third-order valence-electron chi connectivity index (χ3n) is 3.45. The Bertz CT molecular complexity index is 644. The van der Waals surface area contributed by atoms with Crippen LogP contribution in [0, 0.1) is 6.92 Å². The highest BCUT2D eigenvalue weighted by Gasteiger charge is 2.24. The van der Waals surface area contributed by atoms with Crippen molar-refractivity contribution >= 4 is 17.3 Å². The van der Waals surface area contributed by atoms with Gasteiger partial charge in [-0.15, -0.1) is 11.3 Å². The van der Waals surface area contributed by atoms with Crippen LogP contribution in [0.4, 0.5) is 0 Å². The first kappa shape index (κ1) is 13.3. The Morgan fingerprint density at radius 2 is 2.25 bits per heavy atom. The van der Waals surface area contributed by atoms with E-state index in [-0.39, 0.29) is 5.97 Å². The minimum absolute atomic E-state index is 0.328. The summed E-state index contributed by atoms with van der Waals surface area (Å²) in [5.74, 6) is 0.395. The lowest BCUT2D eigenvalue weighted by molar-refractivity contribution is 0.0519. The second kappa shape index (κ2) is 5.37. The Morgan fingerprint density at radius 3 is 2.95 bits per heavy atom. The topological polar surface area (TPSA) is 39.2 Å². The van der Waals surface area contributed by atoms with Gasteiger partial charge in [0.15, 0.2) is 5.69 Å². The van der Waals surface area contributed by atoms with E-state index in [2.05, 4.69) is 29.2 Å². The Hall–Kier alpha value is -1.68. The SMILES string of the molecule is CCOC(=O)c1nc(-c2cccc(C3CC3)c2)sc1C. The van der Waals surface area contributed by atoms with Gasteiger partial charge < -0.3 is 4.74 Å². The van der Waals surface area contributed by atoms with Crippen LogP contribution in [0.3, 0.4) is 0 Å². The predicted molar refractivity (Wildman–Crippen MR) is 80.2 cm³/mol. The molecule has 0 bridgehead atoms. The predicted octanol–water partition coefficient (Wildman–Crippen LogP) is 4.17. The zero-order chi connectivity index (χ0) is 14.1. The van der Waals surface area contributed by atoms with Gasteiger partial charge in [0.2, 0.25) is 0 Å². The van der Waals surface area contributed by atoms with Crippen molar-refractivity contribution in [2.24, 2.45) is 0 Å². The van der Waals surface area contributed by atoms with Crippen LogP contribution in [-0.2, 0) is 4.74 Å². The molecule has 1 aromatic carbocycles. The molecule has 0 aliphatic heterocycles. The number of rotatable bonds is 4. The maximum atomic E-state index is 11.8. The monoisotopic (exact) mass is 287 g/mol. The number of nitrogens with zero attached hydrogens (tertiary/aromatic N) is 1. The molecule has 2 aromatic rings. The lowest BCUT2D eigenvalue weighted by Crippen LogP contribution is -2.06. The van der Waals surface area contributed by atoms with Gasteiger partial charge in [-0.2, -0.15) is 0 Å². The quantitative estimate of drug-likeness (QED) is 0.792. The summed E-state index contributed by atoms with van der Waals surface area (Å²) in [5, 5.41) is 0.896. The van der Waals surface area contributed by atoms with Crippen LogP contribution in [-0.4, -0.2) is 17.6 Å². The first-order valence-corrected chi connectivity index (χ1v) is 7.75. The molecular weight excluding hydrogens is 270 g/mol. The highest BCUT2D eigenvalue weighted by Crippen LogP contribution is 2.41.